The van der Waals surface area contributed by atoms with E-state index in [4.69, 9.17) is 5.73 Å². The highest BCUT2D eigenvalue weighted by molar-refractivity contribution is 5.82. The summed E-state index contributed by atoms with van der Waals surface area (Å²) < 4.78 is 0. The Morgan fingerprint density at radius 1 is 1.20 bits per heavy atom. The average Bonchev–Trinajstić information content (AvgIpc) is 2.85. The third kappa shape index (κ3) is 1.44. The lowest BCUT2D eigenvalue weighted by Crippen LogP contribution is -2.62. The largest absolute Gasteiger partial charge is 0.481 e. The second kappa shape index (κ2) is 4.37. The Kier molecular flexibility index (Phi) is 2.99. The van der Waals surface area contributed by atoms with Crippen molar-refractivity contribution in [1.82, 2.24) is 5.32 Å². The van der Waals surface area contributed by atoms with Gasteiger partial charge in [0.1, 0.15) is 0 Å². The first-order valence-electron chi connectivity index (χ1n) is 7.77. The van der Waals surface area contributed by atoms with Crippen LogP contribution < -0.4 is 11.1 Å². The summed E-state index contributed by atoms with van der Waals surface area (Å²) >= 11 is 0. The number of carboxylic acid groups (broad SMARTS) is 1. The summed E-state index contributed by atoms with van der Waals surface area (Å²) in [5, 5.41) is 12.9. The summed E-state index contributed by atoms with van der Waals surface area (Å²) in [7, 11) is 0. The first-order chi connectivity index (χ1) is 9.45. The van der Waals surface area contributed by atoms with E-state index in [-0.39, 0.29) is 11.8 Å². The van der Waals surface area contributed by atoms with Crippen molar-refractivity contribution in [1.29, 1.82) is 0 Å². The number of amides is 2. The van der Waals surface area contributed by atoms with Gasteiger partial charge in [-0.25, -0.2) is 4.79 Å². The number of nitrogens with two attached hydrogens (primary N) is 1. The van der Waals surface area contributed by atoms with Crippen molar-refractivity contribution in [2.24, 2.45) is 28.9 Å². The van der Waals surface area contributed by atoms with Gasteiger partial charge in [-0.3, -0.25) is 4.79 Å². The normalized spacial score (nSPS) is 46.5. The molecule has 5 unspecified atom stereocenters. The van der Waals surface area contributed by atoms with Crippen LogP contribution in [0.3, 0.4) is 0 Å². The Morgan fingerprint density at radius 3 is 2.55 bits per heavy atom. The number of rotatable bonds is 2. The van der Waals surface area contributed by atoms with Crippen LogP contribution in [-0.2, 0) is 4.79 Å². The van der Waals surface area contributed by atoms with Gasteiger partial charge in [-0.2, -0.15) is 0 Å². The highest BCUT2D eigenvalue weighted by atomic mass is 16.4. The molecule has 0 radical (unpaired) electrons. The number of carbonyl (C=O) groups excluding carboxylic acids is 1. The Labute approximate surface area is 119 Å². The maximum Gasteiger partial charge on any atom is 0.312 e. The molecule has 2 amide bonds. The Morgan fingerprint density at radius 2 is 1.90 bits per heavy atom. The minimum Gasteiger partial charge on any atom is -0.481 e. The zero-order valence-corrected chi connectivity index (χ0v) is 12.0. The second-order valence-corrected chi connectivity index (χ2v) is 6.93. The predicted octanol–water partition coefficient (Wildman–Crippen LogP) is 2.10. The molecule has 0 aliphatic heterocycles. The van der Waals surface area contributed by atoms with Crippen molar-refractivity contribution in [2.75, 3.05) is 0 Å². The molecule has 3 saturated carbocycles. The number of primary amides is 1. The highest BCUT2D eigenvalue weighted by Gasteiger charge is 2.73. The van der Waals surface area contributed by atoms with Crippen LogP contribution in [0.4, 0.5) is 4.79 Å². The number of hydrogen-bond donors (Lipinski definition) is 3. The molecular weight excluding hydrogens is 256 g/mol. The van der Waals surface area contributed by atoms with E-state index in [0.717, 1.165) is 32.1 Å². The highest BCUT2D eigenvalue weighted by Crippen LogP contribution is 2.67. The van der Waals surface area contributed by atoms with Gasteiger partial charge in [-0.1, -0.05) is 19.8 Å². The Balaban J connectivity index is 2.12. The number of urea groups is 1. The summed E-state index contributed by atoms with van der Waals surface area (Å²) in [5.41, 5.74) is 3.97. The first kappa shape index (κ1) is 13.7. The van der Waals surface area contributed by atoms with Crippen LogP contribution in [0.25, 0.3) is 0 Å². The van der Waals surface area contributed by atoms with Crippen molar-refractivity contribution in [2.45, 2.75) is 57.4 Å². The van der Waals surface area contributed by atoms with E-state index < -0.39 is 23.0 Å². The number of hydrogen-bond acceptors (Lipinski definition) is 2. The molecule has 3 fully saturated rings. The zero-order valence-electron chi connectivity index (χ0n) is 12.0. The number of nitrogens with one attached hydrogen (secondary N) is 1. The predicted molar refractivity (Wildman–Crippen MR) is 74.0 cm³/mol. The lowest BCUT2D eigenvalue weighted by atomic mass is 9.67. The molecule has 20 heavy (non-hydrogen) atoms. The molecule has 0 heterocycles. The van der Waals surface area contributed by atoms with E-state index in [9.17, 15) is 14.7 Å². The molecule has 0 spiro atoms. The molecule has 0 aromatic heterocycles. The van der Waals surface area contributed by atoms with Gasteiger partial charge in [0.15, 0.2) is 0 Å². The lowest BCUT2D eigenvalue weighted by Gasteiger charge is -2.43. The van der Waals surface area contributed by atoms with Crippen LogP contribution in [-0.4, -0.2) is 22.6 Å². The minimum absolute atomic E-state index is 0.111. The molecule has 5 nitrogen and oxygen atoms in total. The van der Waals surface area contributed by atoms with Crippen molar-refractivity contribution in [3.63, 3.8) is 0 Å². The number of carboxylic acids is 1. The molecule has 3 aliphatic carbocycles. The standard InChI is InChI=1S/C15H24N2O3/c1-9-10-5-2-3-6-11(10)15(17-13(16)20)8-4-7-14(9,15)12(18)19/h9-11H,2-8H2,1H3,(H,18,19)(H3,16,17,20). The molecule has 112 valence electrons. The first-order valence-corrected chi connectivity index (χ1v) is 7.77. The van der Waals surface area contributed by atoms with E-state index >= 15 is 0 Å². The third-order valence-electron chi connectivity index (χ3n) is 6.54. The maximum absolute atomic E-state index is 12.2. The van der Waals surface area contributed by atoms with Gasteiger partial charge in [0.2, 0.25) is 0 Å². The molecule has 3 aliphatic rings. The number of carbonyl (C=O) groups is 2. The van der Waals surface area contributed by atoms with Gasteiger partial charge in [0.05, 0.1) is 11.0 Å². The number of fused-ring (bicyclic) bond motifs is 3. The molecule has 0 aromatic carbocycles. The molecule has 3 rings (SSSR count). The second-order valence-electron chi connectivity index (χ2n) is 6.93. The molecular formula is C15H24N2O3. The molecule has 0 bridgehead atoms. The number of aliphatic carboxylic acids is 1. The quantitative estimate of drug-likeness (QED) is 0.723. The molecule has 0 aromatic rings. The van der Waals surface area contributed by atoms with Crippen LogP contribution in [0.1, 0.15) is 51.9 Å². The third-order valence-corrected chi connectivity index (χ3v) is 6.54. The SMILES string of the molecule is CC1C2CCCCC2C2(NC(N)=O)CCCC12C(=O)O. The van der Waals surface area contributed by atoms with Gasteiger partial charge in [-0.05, 0) is 49.9 Å². The van der Waals surface area contributed by atoms with E-state index in [1.54, 1.807) is 0 Å². The fraction of sp³-hybridized carbons (Fsp3) is 0.867. The molecule has 5 atom stereocenters. The van der Waals surface area contributed by atoms with Crippen LogP contribution in [0.2, 0.25) is 0 Å². The van der Waals surface area contributed by atoms with Gasteiger partial charge in [0, 0.05) is 0 Å². The maximum atomic E-state index is 12.2. The van der Waals surface area contributed by atoms with Gasteiger partial charge in [-0.15, -0.1) is 0 Å². The summed E-state index contributed by atoms with van der Waals surface area (Å²) in [4.78, 5) is 23.7. The minimum atomic E-state index is -0.818. The average molecular weight is 280 g/mol. The summed E-state index contributed by atoms with van der Waals surface area (Å²) in [6.07, 6.45) is 6.69. The van der Waals surface area contributed by atoms with E-state index in [2.05, 4.69) is 12.2 Å². The Bertz CT molecular complexity index is 452. The fourth-order valence-corrected chi connectivity index (χ4v) is 5.96. The van der Waals surface area contributed by atoms with Gasteiger partial charge in [0.25, 0.3) is 0 Å². The van der Waals surface area contributed by atoms with Crippen molar-refractivity contribution in [3.05, 3.63) is 0 Å². The summed E-state index contributed by atoms with van der Waals surface area (Å²) in [6.45, 7) is 2.08. The van der Waals surface area contributed by atoms with Gasteiger partial charge >= 0.3 is 12.0 Å². The van der Waals surface area contributed by atoms with E-state index in [1.165, 1.54) is 6.42 Å². The van der Waals surface area contributed by atoms with Crippen molar-refractivity contribution >= 4 is 12.0 Å². The van der Waals surface area contributed by atoms with Crippen LogP contribution in [0.5, 0.6) is 0 Å². The van der Waals surface area contributed by atoms with Crippen molar-refractivity contribution in [3.8, 4) is 0 Å². The topological polar surface area (TPSA) is 92.4 Å². The smallest absolute Gasteiger partial charge is 0.312 e. The Hall–Kier alpha value is -1.26. The fourth-order valence-electron chi connectivity index (χ4n) is 5.96. The zero-order chi connectivity index (χ0) is 14.5. The van der Waals surface area contributed by atoms with E-state index in [0.29, 0.717) is 12.3 Å². The molecule has 4 N–H and O–H groups in total. The van der Waals surface area contributed by atoms with Crippen LogP contribution in [0.15, 0.2) is 0 Å². The lowest BCUT2D eigenvalue weighted by molar-refractivity contribution is -0.155. The summed E-state index contributed by atoms with van der Waals surface area (Å²) in [6, 6.07) is -0.573. The van der Waals surface area contributed by atoms with Crippen LogP contribution >= 0.6 is 0 Å². The monoisotopic (exact) mass is 280 g/mol. The van der Waals surface area contributed by atoms with Crippen LogP contribution in [0, 0.1) is 23.2 Å². The van der Waals surface area contributed by atoms with Gasteiger partial charge < -0.3 is 16.2 Å². The van der Waals surface area contributed by atoms with E-state index in [1.807, 2.05) is 0 Å². The summed E-state index contributed by atoms with van der Waals surface area (Å²) in [5.74, 6) is 0.0506. The molecule has 5 heteroatoms. The van der Waals surface area contributed by atoms with Crippen molar-refractivity contribution < 1.29 is 14.7 Å². The molecule has 0 saturated heterocycles.